The maximum atomic E-state index is 12.4. The van der Waals surface area contributed by atoms with Crippen molar-refractivity contribution in [2.75, 3.05) is 13.2 Å². The van der Waals surface area contributed by atoms with E-state index in [1.54, 1.807) is 17.7 Å². The maximum Gasteiger partial charge on any atom is 0.297 e. The molecule has 1 atom stereocenters. The lowest BCUT2D eigenvalue weighted by molar-refractivity contribution is -0.120. The van der Waals surface area contributed by atoms with Gasteiger partial charge in [0.25, 0.3) is 12.4 Å². The van der Waals surface area contributed by atoms with Gasteiger partial charge in [0.1, 0.15) is 24.0 Å². The molecular formula is C21H28ClF2N3O4. The Morgan fingerprint density at radius 1 is 1.26 bits per heavy atom. The normalized spacial score (nSPS) is 20.1. The summed E-state index contributed by atoms with van der Waals surface area (Å²) in [6.07, 6.45) is 0.920. The lowest BCUT2D eigenvalue weighted by Gasteiger charge is -2.29. The molecule has 1 N–H and O–H groups in total. The molecule has 0 spiro atoms. The average molecular weight is 460 g/mol. The molecule has 1 amide bonds. The number of amides is 1. The number of rotatable bonds is 9. The van der Waals surface area contributed by atoms with Crippen molar-refractivity contribution < 1.29 is 27.8 Å². The van der Waals surface area contributed by atoms with Gasteiger partial charge in [-0.25, -0.2) is 8.78 Å². The van der Waals surface area contributed by atoms with E-state index in [0.29, 0.717) is 28.7 Å². The Morgan fingerprint density at radius 3 is 2.58 bits per heavy atom. The highest BCUT2D eigenvalue weighted by molar-refractivity contribution is 6.35. The van der Waals surface area contributed by atoms with Gasteiger partial charge in [0.2, 0.25) is 5.91 Å². The molecule has 1 fully saturated rings. The number of benzene rings is 1. The highest BCUT2D eigenvalue weighted by Crippen LogP contribution is 2.33. The van der Waals surface area contributed by atoms with Crippen LogP contribution < -0.4 is 14.8 Å². The van der Waals surface area contributed by atoms with Gasteiger partial charge in [-0.3, -0.25) is 9.36 Å². The van der Waals surface area contributed by atoms with Crippen LogP contribution in [0.4, 0.5) is 8.78 Å². The van der Waals surface area contributed by atoms with E-state index in [0.717, 1.165) is 25.7 Å². The molecule has 1 heterocycles. The smallest absolute Gasteiger partial charge is 0.297 e. The molecule has 31 heavy (non-hydrogen) atoms. The molecule has 0 unspecified atom stereocenters. The molecule has 0 radical (unpaired) electrons. The fraction of sp³-hybridized carbons (Fsp3) is 0.619. The predicted molar refractivity (Wildman–Crippen MR) is 113 cm³/mol. The summed E-state index contributed by atoms with van der Waals surface area (Å²) >= 11 is 6.27. The number of nitrogens with one attached hydrogen (secondary N) is 1. The Kier molecular flexibility index (Phi) is 7.94. The van der Waals surface area contributed by atoms with Crippen molar-refractivity contribution in [3.8, 4) is 11.8 Å². The molecule has 0 aliphatic heterocycles. The molecule has 7 nitrogen and oxygen atoms in total. The first-order valence-corrected chi connectivity index (χ1v) is 10.7. The van der Waals surface area contributed by atoms with Crippen LogP contribution in [0.2, 0.25) is 5.02 Å². The molecule has 1 aromatic carbocycles. The van der Waals surface area contributed by atoms with Crippen molar-refractivity contribution in [2.24, 2.45) is 7.05 Å². The third kappa shape index (κ3) is 6.43. The lowest BCUT2D eigenvalue weighted by atomic mass is 9.95. The van der Waals surface area contributed by atoms with Crippen LogP contribution in [-0.4, -0.2) is 53.3 Å². The molecule has 1 saturated carbocycles. The summed E-state index contributed by atoms with van der Waals surface area (Å²) in [5.41, 5.74) is 1.18. The third-order valence-electron chi connectivity index (χ3n) is 5.17. The molecule has 1 aromatic heterocycles. The molecule has 0 bridgehead atoms. The monoisotopic (exact) mass is 459 g/mol. The van der Waals surface area contributed by atoms with Crippen molar-refractivity contribution in [3.63, 3.8) is 0 Å². The number of imidazole rings is 1. The van der Waals surface area contributed by atoms with E-state index >= 15 is 0 Å². The lowest BCUT2D eigenvalue weighted by Crippen LogP contribution is -2.37. The van der Waals surface area contributed by atoms with Crippen LogP contribution in [0.1, 0.15) is 39.5 Å². The number of aryl methyl sites for hydroxylation is 1. The summed E-state index contributed by atoms with van der Waals surface area (Å²) in [6, 6.07) is 3.51. The number of alkyl halides is 2. The van der Waals surface area contributed by atoms with Crippen LogP contribution in [0, 0.1) is 0 Å². The van der Waals surface area contributed by atoms with Gasteiger partial charge in [0.15, 0.2) is 0 Å². The fourth-order valence-electron chi connectivity index (χ4n) is 3.68. The van der Waals surface area contributed by atoms with Gasteiger partial charge >= 0.3 is 0 Å². The van der Waals surface area contributed by atoms with Gasteiger partial charge < -0.3 is 19.5 Å². The first-order chi connectivity index (χ1) is 14.7. The standard InChI is InChI=1S/C21H28ClF2N3O4/c1-12(25-13(2)28)10-29-14-4-6-15(7-5-14)31-21-26-20-17(22)8-16(30-11-19(23)24)9-18(20)27(21)3/h8-9,12,14-15,19H,4-7,10-11H2,1-3H3,(H,25,28)/t12-,14?,15?/m0/s1. The van der Waals surface area contributed by atoms with Gasteiger partial charge in [0.05, 0.1) is 23.3 Å². The van der Waals surface area contributed by atoms with Gasteiger partial charge in [-0.15, -0.1) is 0 Å². The quantitative estimate of drug-likeness (QED) is 0.611. The van der Waals surface area contributed by atoms with E-state index in [9.17, 15) is 13.6 Å². The van der Waals surface area contributed by atoms with Crippen LogP contribution in [0.3, 0.4) is 0 Å². The van der Waals surface area contributed by atoms with Gasteiger partial charge in [0, 0.05) is 32.1 Å². The van der Waals surface area contributed by atoms with E-state index in [1.807, 2.05) is 6.92 Å². The average Bonchev–Trinajstić information content (AvgIpc) is 3.02. The molecule has 172 valence electrons. The van der Waals surface area contributed by atoms with E-state index in [4.69, 9.17) is 25.8 Å². The summed E-state index contributed by atoms with van der Waals surface area (Å²) in [6.45, 7) is 3.19. The first-order valence-electron chi connectivity index (χ1n) is 10.3. The zero-order chi connectivity index (χ0) is 22.5. The number of halogens is 3. The molecule has 1 aliphatic carbocycles. The number of carbonyl (C=O) groups is 1. The molecule has 1 aliphatic rings. The molecule has 0 saturated heterocycles. The van der Waals surface area contributed by atoms with Crippen molar-refractivity contribution in [3.05, 3.63) is 17.2 Å². The van der Waals surface area contributed by atoms with Crippen molar-refractivity contribution in [1.29, 1.82) is 0 Å². The van der Waals surface area contributed by atoms with Crippen molar-refractivity contribution in [2.45, 2.75) is 64.2 Å². The number of hydrogen-bond acceptors (Lipinski definition) is 5. The van der Waals surface area contributed by atoms with Crippen LogP contribution >= 0.6 is 11.6 Å². The Bertz CT molecular complexity index is 900. The number of nitrogens with zero attached hydrogens (tertiary/aromatic N) is 2. The number of ether oxygens (including phenoxy) is 3. The zero-order valence-corrected chi connectivity index (χ0v) is 18.6. The van der Waals surface area contributed by atoms with Gasteiger partial charge in [-0.1, -0.05) is 11.6 Å². The van der Waals surface area contributed by atoms with E-state index in [1.165, 1.54) is 13.0 Å². The molecule has 3 rings (SSSR count). The summed E-state index contributed by atoms with van der Waals surface area (Å²) < 4.78 is 43.7. The van der Waals surface area contributed by atoms with E-state index < -0.39 is 13.0 Å². The highest BCUT2D eigenvalue weighted by Gasteiger charge is 2.25. The zero-order valence-electron chi connectivity index (χ0n) is 17.9. The minimum absolute atomic E-state index is 0.00328. The first kappa shape index (κ1) is 23.5. The molecule has 2 aromatic rings. The largest absolute Gasteiger partial charge is 0.488 e. The Balaban J connectivity index is 1.57. The maximum absolute atomic E-state index is 12.4. The number of hydrogen-bond donors (Lipinski definition) is 1. The van der Waals surface area contributed by atoms with Gasteiger partial charge in [-0.2, -0.15) is 4.98 Å². The fourth-order valence-corrected chi connectivity index (χ4v) is 3.93. The van der Waals surface area contributed by atoms with Crippen LogP contribution in [0.15, 0.2) is 12.1 Å². The van der Waals surface area contributed by atoms with E-state index in [-0.39, 0.29) is 29.9 Å². The van der Waals surface area contributed by atoms with Crippen molar-refractivity contribution in [1.82, 2.24) is 14.9 Å². The summed E-state index contributed by atoms with van der Waals surface area (Å²) in [7, 11) is 1.79. The highest BCUT2D eigenvalue weighted by atomic mass is 35.5. The number of fused-ring (bicyclic) bond motifs is 1. The Morgan fingerprint density at radius 2 is 1.94 bits per heavy atom. The van der Waals surface area contributed by atoms with Crippen LogP contribution in [-0.2, 0) is 16.6 Å². The van der Waals surface area contributed by atoms with Crippen molar-refractivity contribution >= 4 is 28.5 Å². The van der Waals surface area contributed by atoms with Crippen LogP contribution in [0.25, 0.3) is 11.0 Å². The third-order valence-corrected chi connectivity index (χ3v) is 5.46. The van der Waals surface area contributed by atoms with Gasteiger partial charge in [-0.05, 0) is 32.6 Å². The minimum atomic E-state index is -2.56. The second kappa shape index (κ2) is 10.5. The number of carbonyl (C=O) groups excluding carboxylic acids is 1. The summed E-state index contributed by atoms with van der Waals surface area (Å²) in [5, 5.41) is 3.13. The Labute approximate surface area is 185 Å². The number of aromatic nitrogens is 2. The molecule has 10 heteroatoms. The van der Waals surface area contributed by atoms with Crippen LogP contribution in [0.5, 0.6) is 11.8 Å². The van der Waals surface area contributed by atoms with E-state index in [2.05, 4.69) is 10.3 Å². The second-order valence-corrected chi connectivity index (χ2v) is 8.29. The second-order valence-electron chi connectivity index (χ2n) is 7.88. The Hall–Kier alpha value is -2.13. The SMILES string of the molecule is CC(=O)N[C@@H](C)COC1CCC(Oc2nc3c(Cl)cc(OCC(F)F)cc3n2C)CC1. The topological polar surface area (TPSA) is 74.6 Å². The summed E-state index contributed by atoms with van der Waals surface area (Å²) in [4.78, 5) is 15.6. The predicted octanol–water partition coefficient (Wildman–Crippen LogP) is 4.10. The minimum Gasteiger partial charge on any atom is -0.488 e. The molecular weight excluding hydrogens is 432 g/mol. The summed E-state index contributed by atoms with van der Waals surface area (Å²) in [5.74, 6) is 0.196.